The molecule has 0 heterocycles. The molecule has 2 rings (SSSR count). The molecule has 2 aromatic carbocycles. The van der Waals surface area contributed by atoms with E-state index in [2.05, 4.69) is 10.6 Å². The Kier molecular flexibility index (Phi) is 8.08. The fourth-order valence-corrected chi connectivity index (χ4v) is 2.72. The Morgan fingerprint density at radius 3 is 2.32 bits per heavy atom. The molecule has 8 nitrogen and oxygen atoms in total. The number of rotatable bonds is 8. The second-order valence-electron chi connectivity index (χ2n) is 6.79. The summed E-state index contributed by atoms with van der Waals surface area (Å²) >= 11 is 0. The molecule has 31 heavy (non-hydrogen) atoms. The van der Waals surface area contributed by atoms with Crippen molar-refractivity contribution in [1.82, 2.24) is 0 Å². The summed E-state index contributed by atoms with van der Waals surface area (Å²) in [6, 6.07) is 11.5. The van der Waals surface area contributed by atoms with Gasteiger partial charge in [-0.1, -0.05) is 25.1 Å². The largest absolute Gasteiger partial charge is 0.478 e. The number of aliphatic carboxylic acids is 1. The van der Waals surface area contributed by atoms with Crippen molar-refractivity contribution in [2.75, 3.05) is 17.2 Å². The quantitative estimate of drug-likeness (QED) is 0.441. The van der Waals surface area contributed by atoms with Crippen molar-refractivity contribution in [3.8, 4) is 0 Å². The van der Waals surface area contributed by atoms with Gasteiger partial charge in [-0.05, 0) is 55.7 Å². The van der Waals surface area contributed by atoms with Gasteiger partial charge in [0.15, 0.2) is 6.61 Å². The van der Waals surface area contributed by atoms with Crippen molar-refractivity contribution >= 4 is 35.1 Å². The van der Waals surface area contributed by atoms with Gasteiger partial charge in [0.1, 0.15) is 0 Å². The number of carbonyl (C=O) groups excluding carboxylic acids is 3. The van der Waals surface area contributed by atoms with Crippen LogP contribution in [0.1, 0.15) is 35.3 Å². The third-order valence-corrected chi connectivity index (χ3v) is 4.41. The summed E-state index contributed by atoms with van der Waals surface area (Å²) in [5, 5.41) is 14.1. The van der Waals surface area contributed by atoms with Crippen molar-refractivity contribution in [3.05, 3.63) is 70.8 Å². The van der Waals surface area contributed by atoms with Gasteiger partial charge in [0.25, 0.3) is 5.91 Å². The number of nitrogens with one attached hydrogen (secondary N) is 2. The van der Waals surface area contributed by atoms with E-state index in [1.54, 1.807) is 0 Å². The molecule has 0 saturated heterocycles. The molecule has 0 radical (unpaired) electrons. The first-order chi connectivity index (χ1) is 14.7. The normalized spacial score (nSPS) is 10.9. The average Bonchev–Trinajstić information content (AvgIpc) is 2.73. The molecule has 0 saturated carbocycles. The van der Waals surface area contributed by atoms with Gasteiger partial charge in [0.05, 0.1) is 5.56 Å². The van der Waals surface area contributed by atoms with E-state index in [1.807, 2.05) is 32.0 Å². The predicted molar refractivity (Wildman–Crippen MR) is 116 cm³/mol. The number of hydrogen-bond acceptors (Lipinski definition) is 5. The maximum atomic E-state index is 12.2. The first kappa shape index (κ1) is 23.3. The number of ether oxygens (including phenoxy) is 1. The molecule has 8 heteroatoms. The zero-order valence-corrected chi connectivity index (χ0v) is 17.5. The molecule has 2 amide bonds. The summed E-state index contributed by atoms with van der Waals surface area (Å²) < 4.78 is 5.06. The van der Waals surface area contributed by atoms with E-state index in [0.29, 0.717) is 5.69 Å². The lowest BCUT2D eigenvalue weighted by molar-refractivity contribution is -0.132. The Morgan fingerprint density at radius 2 is 1.71 bits per heavy atom. The number of anilines is 2. The summed E-state index contributed by atoms with van der Waals surface area (Å²) in [5.41, 5.74) is 3.11. The van der Waals surface area contributed by atoms with Gasteiger partial charge in [0, 0.05) is 23.0 Å². The summed E-state index contributed by atoms with van der Waals surface area (Å²) in [6.07, 6.45) is 1.72. The molecule has 0 aliphatic rings. The topological polar surface area (TPSA) is 122 Å². The Bertz CT molecular complexity index is 1020. The number of amides is 2. The fraction of sp³-hybridized carbons (Fsp3) is 0.217. The van der Waals surface area contributed by atoms with Gasteiger partial charge >= 0.3 is 11.9 Å². The van der Waals surface area contributed by atoms with Crippen LogP contribution in [0.25, 0.3) is 0 Å². The highest BCUT2D eigenvalue weighted by atomic mass is 16.5. The Hall–Kier alpha value is -3.94. The number of esters is 1. The highest BCUT2D eigenvalue weighted by Crippen LogP contribution is 2.21. The van der Waals surface area contributed by atoms with Crippen LogP contribution >= 0.6 is 0 Å². The van der Waals surface area contributed by atoms with Crippen LogP contribution in [0.5, 0.6) is 0 Å². The smallest absolute Gasteiger partial charge is 0.338 e. The second kappa shape index (κ2) is 10.7. The SMILES string of the molecule is CCc1cccc(C)c1NC(=O)COC(=O)c1ccc(NC(=O)/C=C(\C)C(=O)O)cc1. The molecular weight excluding hydrogens is 400 g/mol. The first-order valence-corrected chi connectivity index (χ1v) is 9.59. The number of aryl methyl sites for hydroxylation is 2. The van der Waals surface area contributed by atoms with E-state index in [0.717, 1.165) is 29.3 Å². The molecule has 0 fully saturated rings. The maximum Gasteiger partial charge on any atom is 0.338 e. The van der Waals surface area contributed by atoms with Gasteiger partial charge in [-0.3, -0.25) is 9.59 Å². The van der Waals surface area contributed by atoms with Crippen molar-refractivity contribution < 1.29 is 29.0 Å². The summed E-state index contributed by atoms with van der Waals surface area (Å²) in [4.78, 5) is 46.9. The van der Waals surface area contributed by atoms with Gasteiger partial charge in [-0.25, -0.2) is 9.59 Å². The highest BCUT2D eigenvalue weighted by molar-refractivity contribution is 6.04. The standard InChI is InChI=1S/C23H24N2O6/c1-4-16-7-5-6-14(2)21(16)25-20(27)13-31-23(30)17-8-10-18(11-9-17)24-19(26)12-15(3)22(28)29/h5-12H,4,13H2,1-3H3,(H,24,26)(H,25,27)(H,28,29)/b15-12+. The van der Waals surface area contributed by atoms with Crippen LogP contribution in [0.15, 0.2) is 54.1 Å². The Labute approximate surface area is 179 Å². The molecular formula is C23H24N2O6. The molecule has 0 bridgehead atoms. The van der Waals surface area contributed by atoms with E-state index >= 15 is 0 Å². The van der Waals surface area contributed by atoms with Gasteiger partial charge < -0.3 is 20.5 Å². The molecule has 3 N–H and O–H groups in total. The summed E-state index contributed by atoms with van der Waals surface area (Å²) in [6.45, 7) is 4.74. The minimum atomic E-state index is -1.19. The van der Waals surface area contributed by atoms with Crippen molar-refractivity contribution in [3.63, 3.8) is 0 Å². The molecule has 0 unspecified atom stereocenters. The lowest BCUT2D eigenvalue weighted by Crippen LogP contribution is -2.22. The highest BCUT2D eigenvalue weighted by Gasteiger charge is 2.13. The first-order valence-electron chi connectivity index (χ1n) is 9.59. The van der Waals surface area contributed by atoms with Gasteiger partial charge in [-0.15, -0.1) is 0 Å². The second-order valence-corrected chi connectivity index (χ2v) is 6.79. The minimum absolute atomic E-state index is 0.104. The number of carbonyl (C=O) groups is 4. The zero-order valence-electron chi connectivity index (χ0n) is 17.5. The Balaban J connectivity index is 1.92. The lowest BCUT2D eigenvalue weighted by atomic mass is 10.1. The number of benzene rings is 2. The average molecular weight is 424 g/mol. The van der Waals surface area contributed by atoms with Gasteiger partial charge in [-0.2, -0.15) is 0 Å². The molecule has 0 aliphatic carbocycles. The van der Waals surface area contributed by atoms with Crippen LogP contribution in [-0.4, -0.2) is 35.5 Å². The number of carboxylic acids is 1. The lowest BCUT2D eigenvalue weighted by Gasteiger charge is -2.13. The van der Waals surface area contributed by atoms with Gasteiger partial charge in [0.2, 0.25) is 5.91 Å². The molecule has 2 aromatic rings. The Morgan fingerprint density at radius 1 is 1.03 bits per heavy atom. The monoisotopic (exact) mass is 424 g/mol. The molecule has 0 aromatic heterocycles. The van der Waals surface area contributed by atoms with Crippen molar-refractivity contribution in [2.24, 2.45) is 0 Å². The number of para-hydroxylation sites is 1. The van der Waals surface area contributed by atoms with Crippen LogP contribution < -0.4 is 10.6 Å². The molecule has 162 valence electrons. The maximum absolute atomic E-state index is 12.2. The van der Waals surface area contributed by atoms with Crippen LogP contribution in [0, 0.1) is 6.92 Å². The van der Waals surface area contributed by atoms with E-state index < -0.39 is 30.4 Å². The van der Waals surface area contributed by atoms with Crippen LogP contribution in [0.4, 0.5) is 11.4 Å². The summed E-state index contributed by atoms with van der Waals surface area (Å²) in [7, 11) is 0. The summed E-state index contributed by atoms with van der Waals surface area (Å²) in [5.74, 6) is -2.92. The van der Waals surface area contributed by atoms with Crippen molar-refractivity contribution in [2.45, 2.75) is 27.2 Å². The number of carboxylic acid groups (broad SMARTS) is 1. The van der Waals surface area contributed by atoms with Crippen LogP contribution in [-0.2, 0) is 25.5 Å². The fourth-order valence-electron chi connectivity index (χ4n) is 2.72. The van der Waals surface area contributed by atoms with E-state index in [-0.39, 0.29) is 11.1 Å². The third kappa shape index (κ3) is 6.81. The molecule has 0 spiro atoms. The van der Waals surface area contributed by atoms with E-state index in [1.165, 1.54) is 31.2 Å². The van der Waals surface area contributed by atoms with E-state index in [9.17, 15) is 19.2 Å². The number of hydrogen-bond donors (Lipinski definition) is 3. The van der Waals surface area contributed by atoms with Crippen LogP contribution in [0.2, 0.25) is 0 Å². The van der Waals surface area contributed by atoms with Crippen LogP contribution in [0.3, 0.4) is 0 Å². The zero-order chi connectivity index (χ0) is 23.0. The minimum Gasteiger partial charge on any atom is -0.478 e. The third-order valence-electron chi connectivity index (χ3n) is 4.41. The molecule has 0 atom stereocenters. The van der Waals surface area contributed by atoms with E-state index in [4.69, 9.17) is 9.84 Å². The van der Waals surface area contributed by atoms with Crippen molar-refractivity contribution in [1.29, 1.82) is 0 Å². The predicted octanol–water partition coefficient (Wildman–Crippen LogP) is 3.32. The molecule has 0 aliphatic heterocycles.